The molecule has 29 heavy (non-hydrogen) atoms. The molecule has 2 N–H and O–H groups in total. The molecule has 1 aromatic carbocycles. The Kier molecular flexibility index (Phi) is 7.59. The number of urea groups is 1. The summed E-state index contributed by atoms with van der Waals surface area (Å²) >= 11 is 0. The summed E-state index contributed by atoms with van der Waals surface area (Å²) in [5.41, 5.74) is -0.208. The van der Waals surface area contributed by atoms with E-state index in [4.69, 9.17) is 0 Å². The SMILES string of the molecule is CC.CCC1(CC(C)C(=O)N2CCN(c3cccc(F)c3)CC2)NC(=O)NC1=O. The highest BCUT2D eigenvalue weighted by Crippen LogP contribution is 2.26. The smallest absolute Gasteiger partial charge is 0.322 e. The third-order valence-corrected chi connectivity index (χ3v) is 5.46. The lowest BCUT2D eigenvalue weighted by atomic mass is 9.85. The minimum Gasteiger partial charge on any atom is -0.368 e. The maximum Gasteiger partial charge on any atom is 0.322 e. The van der Waals surface area contributed by atoms with E-state index in [2.05, 4.69) is 15.5 Å². The molecule has 1 aromatic rings. The first kappa shape index (κ1) is 22.6. The summed E-state index contributed by atoms with van der Waals surface area (Å²) < 4.78 is 13.4. The van der Waals surface area contributed by atoms with Gasteiger partial charge in [-0.15, -0.1) is 0 Å². The maximum absolute atomic E-state index is 13.4. The lowest BCUT2D eigenvalue weighted by Gasteiger charge is -2.38. The van der Waals surface area contributed by atoms with E-state index in [1.807, 2.05) is 26.8 Å². The highest BCUT2D eigenvalue weighted by molar-refractivity contribution is 6.07. The summed E-state index contributed by atoms with van der Waals surface area (Å²) in [5, 5.41) is 4.94. The topological polar surface area (TPSA) is 81.8 Å². The Labute approximate surface area is 171 Å². The fourth-order valence-corrected chi connectivity index (χ4v) is 3.84. The van der Waals surface area contributed by atoms with E-state index in [1.54, 1.807) is 17.9 Å². The minimum absolute atomic E-state index is 0.0318. The van der Waals surface area contributed by atoms with Crippen molar-refractivity contribution in [3.63, 3.8) is 0 Å². The first-order valence-electron chi connectivity index (χ1n) is 10.3. The third kappa shape index (κ3) is 5.05. The lowest BCUT2D eigenvalue weighted by Crippen LogP contribution is -2.53. The Hall–Kier alpha value is -2.64. The standard InChI is InChI=1S/C19H25FN4O3.C2H6/c1-3-19(17(26)21-18(27)22-19)12-13(2)16(25)24-9-7-23(8-10-24)15-6-4-5-14(20)11-15;1-2/h4-6,11,13H,3,7-10,12H2,1-2H3,(H2,21,22,26,27);1-2H3. The summed E-state index contributed by atoms with van der Waals surface area (Å²) in [5.74, 6) is -1.07. The van der Waals surface area contributed by atoms with Crippen LogP contribution in [0.15, 0.2) is 24.3 Å². The number of carbonyl (C=O) groups excluding carboxylic acids is 3. The molecule has 2 fully saturated rings. The molecular formula is C21H31FN4O3. The summed E-state index contributed by atoms with van der Waals surface area (Å²) in [6.07, 6.45) is 0.694. The van der Waals surface area contributed by atoms with E-state index in [0.717, 1.165) is 5.69 Å². The van der Waals surface area contributed by atoms with Gasteiger partial charge in [-0.05, 0) is 31.0 Å². The van der Waals surface area contributed by atoms with Crippen molar-refractivity contribution in [1.29, 1.82) is 0 Å². The van der Waals surface area contributed by atoms with Crippen LogP contribution in [0.3, 0.4) is 0 Å². The number of rotatable bonds is 5. The van der Waals surface area contributed by atoms with Crippen LogP contribution < -0.4 is 15.5 Å². The van der Waals surface area contributed by atoms with Crippen molar-refractivity contribution in [2.45, 2.75) is 46.1 Å². The second-order valence-electron chi connectivity index (χ2n) is 7.24. The molecule has 2 aliphatic rings. The molecule has 8 heteroatoms. The van der Waals surface area contributed by atoms with Gasteiger partial charge in [-0.25, -0.2) is 9.18 Å². The fraction of sp³-hybridized carbons (Fsp3) is 0.571. The monoisotopic (exact) mass is 406 g/mol. The van der Waals surface area contributed by atoms with Crippen LogP contribution >= 0.6 is 0 Å². The number of piperazine rings is 1. The highest BCUT2D eigenvalue weighted by Gasteiger charge is 2.46. The Morgan fingerprint density at radius 1 is 1.21 bits per heavy atom. The van der Waals surface area contributed by atoms with Gasteiger partial charge >= 0.3 is 6.03 Å². The average Bonchev–Trinajstić information content (AvgIpc) is 3.02. The number of hydrogen-bond acceptors (Lipinski definition) is 4. The highest BCUT2D eigenvalue weighted by atomic mass is 19.1. The van der Waals surface area contributed by atoms with Crippen molar-refractivity contribution in [3.8, 4) is 0 Å². The fourth-order valence-electron chi connectivity index (χ4n) is 3.84. The largest absolute Gasteiger partial charge is 0.368 e. The zero-order valence-corrected chi connectivity index (χ0v) is 17.6. The Morgan fingerprint density at radius 3 is 2.38 bits per heavy atom. The van der Waals surface area contributed by atoms with Gasteiger partial charge in [0.25, 0.3) is 5.91 Å². The molecule has 3 rings (SSSR count). The van der Waals surface area contributed by atoms with Gasteiger partial charge in [-0.2, -0.15) is 0 Å². The van der Waals surface area contributed by atoms with Crippen LogP contribution in [0.25, 0.3) is 0 Å². The van der Waals surface area contributed by atoms with Crippen molar-refractivity contribution >= 4 is 23.5 Å². The Bertz CT molecular complexity index is 749. The molecule has 4 amide bonds. The molecule has 2 saturated heterocycles. The number of nitrogens with zero attached hydrogens (tertiary/aromatic N) is 2. The molecule has 0 aliphatic carbocycles. The van der Waals surface area contributed by atoms with Gasteiger partial charge in [0.2, 0.25) is 5.91 Å². The van der Waals surface area contributed by atoms with Gasteiger partial charge in [0.1, 0.15) is 11.4 Å². The number of imide groups is 1. The zero-order valence-electron chi connectivity index (χ0n) is 17.6. The zero-order chi connectivity index (χ0) is 21.6. The van der Waals surface area contributed by atoms with Crippen LogP contribution in [0.1, 0.15) is 40.5 Å². The number of nitrogens with one attached hydrogen (secondary N) is 2. The summed E-state index contributed by atoms with van der Waals surface area (Å²) in [4.78, 5) is 40.3. The van der Waals surface area contributed by atoms with Crippen molar-refractivity contribution < 1.29 is 18.8 Å². The van der Waals surface area contributed by atoms with Crippen LogP contribution in [0.5, 0.6) is 0 Å². The molecular weight excluding hydrogens is 375 g/mol. The molecule has 2 heterocycles. The predicted octanol–water partition coefficient (Wildman–Crippen LogP) is 2.51. The average molecular weight is 407 g/mol. The van der Waals surface area contributed by atoms with Crippen molar-refractivity contribution in [2.24, 2.45) is 5.92 Å². The number of carbonyl (C=O) groups is 3. The molecule has 0 saturated carbocycles. The van der Waals surface area contributed by atoms with Gasteiger partial charge in [0.15, 0.2) is 0 Å². The molecule has 0 radical (unpaired) electrons. The molecule has 2 aliphatic heterocycles. The molecule has 2 atom stereocenters. The Balaban J connectivity index is 0.00000145. The van der Waals surface area contributed by atoms with E-state index in [9.17, 15) is 18.8 Å². The van der Waals surface area contributed by atoms with E-state index in [-0.39, 0.29) is 24.1 Å². The van der Waals surface area contributed by atoms with Gasteiger partial charge in [0.05, 0.1) is 0 Å². The number of halogens is 1. The molecule has 0 spiro atoms. The molecule has 2 unspecified atom stereocenters. The lowest BCUT2D eigenvalue weighted by molar-refractivity contribution is -0.136. The van der Waals surface area contributed by atoms with Crippen LogP contribution in [0.2, 0.25) is 0 Å². The first-order valence-corrected chi connectivity index (χ1v) is 10.3. The van der Waals surface area contributed by atoms with E-state index in [1.165, 1.54) is 12.1 Å². The van der Waals surface area contributed by atoms with Crippen LogP contribution in [-0.4, -0.2) is 54.5 Å². The van der Waals surface area contributed by atoms with E-state index in [0.29, 0.717) is 32.6 Å². The Morgan fingerprint density at radius 2 is 1.86 bits per heavy atom. The number of amides is 4. The van der Waals surface area contributed by atoms with Gasteiger partial charge in [-0.1, -0.05) is 33.8 Å². The van der Waals surface area contributed by atoms with E-state index < -0.39 is 17.5 Å². The van der Waals surface area contributed by atoms with Gasteiger partial charge in [0, 0.05) is 37.8 Å². The van der Waals surface area contributed by atoms with E-state index >= 15 is 0 Å². The molecule has 7 nitrogen and oxygen atoms in total. The third-order valence-electron chi connectivity index (χ3n) is 5.46. The number of anilines is 1. The van der Waals surface area contributed by atoms with Gasteiger partial charge < -0.3 is 15.1 Å². The normalized spacial score (nSPS) is 22.4. The summed E-state index contributed by atoms with van der Waals surface area (Å²) in [7, 11) is 0. The molecule has 0 bridgehead atoms. The second-order valence-corrected chi connectivity index (χ2v) is 7.24. The van der Waals surface area contributed by atoms with Crippen molar-refractivity contribution in [1.82, 2.24) is 15.5 Å². The quantitative estimate of drug-likeness (QED) is 0.737. The molecule has 0 aromatic heterocycles. The van der Waals surface area contributed by atoms with Crippen LogP contribution in [0.4, 0.5) is 14.9 Å². The van der Waals surface area contributed by atoms with Crippen molar-refractivity contribution in [3.05, 3.63) is 30.1 Å². The number of hydrogen-bond donors (Lipinski definition) is 2. The first-order chi connectivity index (χ1) is 13.8. The van der Waals surface area contributed by atoms with Crippen LogP contribution in [0, 0.1) is 11.7 Å². The summed E-state index contributed by atoms with van der Waals surface area (Å²) in [6, 6.07) is 5.93. The minimum atomic E-state index is -1.02. The van der Waals surface area contributed by atoms with Crippen LogP contribution in [-0.2, 0) is 9.59 Å². The maximum atomic E-state index is 13.4. The predicted molar refractivity (Wildman–Crippen MR) is 110 cm³/mol. The van der Waals surface area contributed by atoms with Gasteiger partial charge in [-0.3, -0.25) is 14.9 Å². The second kappa shape index (κ2) is 9.71. The number of benzene rings is 1. The van der Waals surface area contributed by atoms with Crippen molar-refractivity contribution in [2.75, 3.05) is 31.1 Å². The molecule has 160 valence electrons. The summed E-state index contributed by atoms with van der Waals surface area (Å²) in [6.45, 7) is 9.93.